The number of anilines is 1. The zero-order chi connectivity index (χ0) is 15.9. The van der Waals surface area contributed by atoms with Crippen LogP contribution < -0.4 is 5.32 Å². The summed E-state index contributed by atoms with van der Waals surface area (Å²) in [6, 6.07) is 9.35. The summed E-state index contributed by atoms with van der Waals surface area (Å²) in [5, 5.41) is 11.8. The number of carboxylic acids is 1. The summed E-state index contributed by atoms with van der Waals surface area (Å²) in [7, 11) is 0. The fraction of sp³-hybridized carbons (Fsp3) is 0.294. The van der Waals surface area contributed by atoms with Crippen molar-refractivity contribution in [2.75, 3.05) is 5.32 Å². The fourth-order valence-corrected chi connectivity index (χ4v) is 3.63. The van der Waals surface area contributed by atoms with E-state index in [1.807, 2.05) is 44.2 Å². The molecule has 1 aliphatic rings. The van der Waals surface area contributed by atoms with Gasteiger partial charge >= 0.3 is 5.97 Å². The molecule has 1 aliphatic carbocycles. The molecule has 22 heavy (non-hydrogen) atoms. The number of carbonyl (C=O) groups excluding carboxylic acids is 1. The molecule has 1 heterocycles. The first-order valence-corrected chi connectivity index (χ1v) is 7.98. The van der Waals surface area contributed by atoms with E-state index in [1.54, 1.807) is 11.3 Å². The SMILES string of the molecule is Cc1cc(C(=O)Nc2ccc([C@@H]3C[C@H]3C(=O)O)cc2)c(C)s1. The number of hydrogen-bond donors (Lipinski definition) is 2. The number of aryl methyl sites for hydroxylation is 2. The number of rotatable bonds is 4. The highest BCUT2D eigenvalue weighted by molar-refractivity contribution is 7.12. The molecule has 1 aromatic carbocycles. The van der Waals surface area contributed by atoms with E-state index in [4.69, 9.17) is 5.11 Å². The molecule has 0 aliphatic heterocycles. The lowest BCUT2D eigenvalue weighted by Crippen LogP contribution is -2.11. The summed E-state index contributed by atoms with van der Waals surface area (Å²) in [5.74, 6) is -0.976. The molecule has 0 spiro atoms. The Morgan fingerprint density at radius 1 is 1.23 bits per heavy atom. The smallest absolute Gasteiger partial charge is 0.307 e. The van der Waals surface area contributed by atoms with Gasteiger partial charge < -0.3 is 10.4 Å². The van der Waals surface area contributed by atoms with E-state index in [9.17, 15) is 9.59 Å². The van der Waals surface area contributed by atoms with Gasteiger partial charge in [-0.2, -0.15) is 0 Å². The Hall–Kier alpha value is -2.14. The van der Waals surface area contributed by atoms with Crippen LogP contribution in [0.4, 0.5) is 5.69 Å². The van der Waals surface area contributed by atoms with Crippen LogP contribution in [0.3, 0.4) is 0 Å². The van der Waals surface area contributed by atoms with Crippen LogP contribution in [0.5, 0.6) is 0 Å². The van der Waals surface area contributed by atoms with Gasteiger partial charge in [0.05, 0.1) is 11.5 Å². The number of carboxylic acid groups (broad SMARTS) is 1. The van der Waals surface area contributed by atoms with Crippen molar-refractivity contribution in [1.29, 1.82) is 0 Å². The molecule has 1 fully saturated rings. The van der Waals surface area contributed by atoms with E-state index < -0.39 is 5.97 Å². The minimum absolute atomic E-state index is 0.107. The van der Waals surface area contributed by atoms with Gasteiger partial charge in [-0.25, -0.2) is 0 Å². The van der Waals surface area contributed by atoms with Gasteiger partial charge in [-0.3, -0.25) is 9.59 Å². The van der Waals surface area contributed by atoms with Crippen LogP contribution >= 0.6 is 11.3 Å². The van der Waals surface area contributed by atoms with Crippen LogP contribution in [-0.4, -0.2) is 17.0 Å². The van der Waals surface area contributed by atoms with Gasteiger partial charge in [0.2, 0.25) is 0 Å². The normalized spacial score (nSPS) is 19.7. The first-order valence-electron chi connectivity index (χ1n) is 7.17. The van der Waals surface area contributed by atoms with Crippen LogP contribution in [0.15, 0.2) is 30.3 Å². The minimum Gasteiger partial charge on any atom is -0.481 e. The lowest BCUT2D eigenvalue weighted by Gasteiger charge is -2.06. The van der Waals surface area contributed by atoms with Crippen molar-refractivity contribution in [2.24, 2.45) is 5.92 Å². The molecule has 0 saturated heterocycles. The van der Waals surface area contributed by atoms with E-state index in [-0.39, 0.29) is 17.7 Å². The predicted octanol–water partition coefficient (Wildman–Crippen LogP) is 3.81. The monoisotopic (exact) mass is 315 g/mol. The molecular weight excluding hydrogens is 298 g/mol. The van der Waals surface area contributed by atoms with Crippen molar-refractivity contribution >= 4 is 28.9 Å². The van der Waals surface area contributed by atoms with E-state index >= 15 is 0 Å². The quantitative estimate of drug-likeness (QED) is 0.901. The molecule has 0 radical (unpaired) electrons. The minimum atomic E-state index is -0.731. The van der Waals surface area contributed by atoms with Crippen molar-refractivity contribution in [3.63, 3.8) is 0 Å². The lowest BCUT2D eigenvalue weighted by atomic mass is 10.1. The Morgan fingerprint density at radius 3 is 2.41 bits per heavy atom. The fourth-order valence-electron chi connectivity index (χ4n) is 2.70. The summed E-state index contributed by atoms with van der Waals surface area (Å²) in [5.41, 5.74) is 2.46. The molecule has 0 unspecified atom stereocenters. The Bertz CT molecular complexity index is 733. The summed E-state index contributed by atoms with van der Waals surface area (Å²) >= 11 is 1.61. The molecule has 1 aromatic heterocycles. The molecule has 0 bridgehead atoms. The third-order valence-electron chi connectivity index (χ3n) is 3.99. The Balaban J connectivity index is 1.68. The molecule has 114 valence electrons. The summed E-state index contributed by atoms with van der Waals surface area (Å²) < 4.78 is 0. The van der Waals surface area contributed by atoms with Crippen LogP contribution in [0, 0.1) is 19.8 Å². The van der Waals surface area contributed by atoms with Gasteiger partial charge in [0.1, 0.15) is 0 Å². The third kappa shape index (κ3) is 2.90. The maximum atomic E-state index is 12.2. The standard InChI is InChI=1S/C17H17NO3S/c1-9-7-13(10(2)22-9)16(19)18-12-5-3-11(4-6-12)14-8-15(14)17(20)21/h3-7,14-15H,8H2,1-2H3,(H,18,19)(H,20,21)/t14-,15+/m0/s1. The summed E-state index contributed by atoms with van der Waals surface area (Å²) in [6.07, 6.45) is 0.703. The number of aliphatic carboxylic acids is 1. The van der Waals surface area contributed by atoms with Gasteiger partial charge in [0.15, 0.2) is 0 Å². The molecule has 2 aromatic rings. The average Bonchev–Trinajstić information content (AvgIpc) is 3.19. The highest BCUT2D eigenvalue weighted by atomic mass is 32.1. The molecule has 1 saturated carbocycles. The van der Waals surface area contributed by atoms with E-state index in [0.29, 0.717) is 12.0 Å². The predicted molar refractivity (Wildman–Crippen MR) is 86.7 cm³/mol. The molecule has 2 atom stereocenters. The topological polar surface area (TPSA) is 66.4 Å². The van der Waals surface area contributed by atoms with Crippen molar-refractivity contribution in [2.45, 2.75) is 26.2 Å². The van der Waals surface area contributed by atoms with Gasteiger partial charge in [-0.1, -0.05) is 12.1 Å². The second kappa shape index (κ2) is 5.57. The maximum Gasteiger partial charge on any atom is 0.307 e. The Labute approximate surface area is 132 Å². The molecule has 5 heteroatoms. The highest BCUT2D eigenvalue weighted by Gasteiger charge is 2.43. The highest BCUT2D eigenvalue weighted by Crippen LogP contribution is 2.47. The largest absolute Gasteiger partial charge is 0.481 e. The Kier molecular flexibility index (Phi) is 3.74. The van der Waals surface area contributed by atoms with Gasteiger partial charge in [0, 0.05) is 15.4 Å². The number of carbonyl (C=O) groups is 2. The van der Waals surface area contributed by atoms with Gasteiger partial charge in [-0.15, -0.1) is 11.3 Å². The van der Waals surface area contributed by atoms with Crippen molar-refractivity contribution in [1.82, 2.24) is 0 Å². The molecule has 3 rings (SSSR count). The first kappa shape index (κ1) is 14.8. The zero-order valence-electron chi connectivity index (χ0n) is 12.4. The van der Waals surface area contributed by atoms with E-state index in [2.05, 4.69) is 5.32 Å². The van der Waals surface area contributed by atoms with E-state index in [1.165, 1.54) is 0 Å². The second-order valence-corrected chi connectivity index (χ2v) is 7.15. The number of thiophene rings is 1. The lowest BCUT2D eigenvalue weighted by molar-refractivity contribution is -0.138. The Morgan fingerprint density at radius 2 is 1.91 bits per heavy atom. The van der Waals surface area contributed by atoms with Crippen molar-refractivity contribution < 1.29 is 14.7 Å². The summed E-state index contributed by atoms with van der Waals surface area (Å²) in [6.45, 7) is 3.92. The van der Waals surface area contributed by atoms with Crippen LogP contribution in [0.2, 0.25) is 0 Å². The van der Waals surface area contributed by atoms with Crippen LogP contribution in [0.1, 0.15) is 38.0 Å². The number of nitrogens with one attached hydrogen (secondary N) is 1. The van der Waals surface area contributed by atoms with Crippen LogP contribution in [0.25, 0.3) is 0 Å². The number of amides is 1. The molecular formula is C17H17NO3S. The third-order valence-corrected chi connectivity index (χ3v) is 4.96. The molecule has 2 N–H and O–H groups in total. The van der Waals surface area contributed by atoms with Crippen LogP contribution in [-0.2, 0) is 4.79 Å². The van der Waals surface area contributed by atoms with Gasteiger partial charge in [-0.05, 0) is 49.9 Å². The molecule has 4 nitrogen and oxygen atoms in total. The second-order valence-electron chi connectivity index (χ2n) is 5.69. The van der Waals surface area contributed by atoms with Gasteiger partial charge in [0.25, 0.3) is 5.91 Å². The molecule has 1 amide bonds. The number of hydrogen-bond acceptors (Lipinski definition) is 3. The summed E-state index contributed by atoms with van der Waals surface area (Å²) in [4.78, 5) is 25.3. The maximum absolute atomic E-state index is 12.2. The van der Waals surface area contributed by atoms with Crippen molar-refractivity contribution in [3.8, 4) is 0 Å². The first-order chi connectivity index (χ1) is 10.5. The average molecular weight is 315 g/mol. The number of benzene rings is 1. The van der Waals surface area contributed by atoms with Crippen molar-refractivity contribution in [3.05, 3.63) is 51.2 Å². The van der Waals surface area contributed by atoms with E-state index in [0.717, 1.165) is 21.0 Å². The zero-order valence-corrected chi connectivity index (χ0v) is 13.2.